The van der Waals surface area contributed by atoms with Gasteiger partial charge in [0.2, 0.25) is 5.91 Å². The zero-order valence-electron chi connectivity index (χ0n) is 13.8. The standard InChI is InChI=1S/C17H31N3O.ClH/c21-17(15-6-4-2-1-3-5-7-15)20-11-8-16(14-20)19-12-9-18-10-13-19;/h15-16,18H,1-14H2;1H. The van der Waals surface area contributed by atoms with E-state index in [1.807, 2.05) is 0 Å². The van der Waals surface area contributed by atoms with Crippen molar-refractivity contribution >= 4 is 18.3 Å². The minimum absolute atomic E-state index is 0. The fourth-order valence-corrected chi connectivity index (χ4v) is 4.25. The molecule has 3 fully saturated rings. The van der Waals surface area contributed by atoms with Crippen molar-refractivity contribution in [2.24, 2.45) is 5.92 Å². The van der Waals surface area contributed by atoms with Crippen LogP contribution < -0.4 is 5.32 Å². The van der Waals surface area contributed by atoms with Crippen LogP contribution >= 0.6 is 12.4 Å². The van der Waals surface area contributed by atoms with E-state index in [4.69, 9.17) is 0 Å². The Bertz CT molecular complexity index is 339. The van der Waals surface area contributed by atoms with E-state index in [-0.39, 0.29) is 12.4 Å². The molecule has 0 bridgehead atoms. The quantitative estimate of drug-likeness (QED) is 0.844. The summed E-state index contributed by atoms with van der Waals surface area (Å²) in [6.45, 7) is 6.48. The summed E-state index contributed by atoms with van der Waals surface area (Å²) >= 11 is 0. The number of likely N-dealkylation sites (tertiary alicyclic amines) is 1. The lowest BCUT2D eigenvalue weighted by molar-refractivity contribution is -0.135. The highest BCUT2D eigenvalue weighted by Crippen LogP contribution is 2.26. The Labute approximate surface area is 141 Å². The van der Waals surface area contributed by atoms with Crippen LogP contribution in [0.25, 0.3) is 0 Å². The number of carbonyl (C=O) groups is 1. The topological polar surface area (TPSA) is 35.6 Å². The Kier molecular flexibility index (Phi) is 7.45. The lowest BCUT2D eigenvalue weighted by Crippen LogP contribution is -2.49. The van der Waals surface area contributed by atoms with E-state index in [9.17, 15) is 4.79 Å². The Morgan fingerprint density at radius 1 is 0.864 bits per heavy atom. The lowest BCUT2D eigenvalue weighted by atomic mass is 9.90. The van der Waals surface area contributed by atoms with Crippen molar-refractivity contribution in [2.75, 3.05) is 39.3 Å². The Balaban J connectivity index is 0.00000176. The lowest BCUT2D eigenvalue weighted by Gasteiger charge is -2.33. The van der Waals surface area contributed by atoms with Crippen molar-refractivity contribution in [3.63, 3.8) is 0 Å². The van der Waals surface area contributed by atoms with Gasteiger partial charge >= 0.3 is 0 Å². The fourth-order valence-electron chi connectivity index (χ4n) is 4.25. The number of hydrogen-bond acceptors (Lipinski definition) is 3. The predicted molar refractivity (Wildman–Crippen MR) is 92.5 cm³/mol. The highest BCUT2D eigenvalue weighted by Gasteiger charge is 2.33. The molecule has 3 aliphatic rings. The molecule has 3 rings (SSSR count). The predicted octanol–water partition coefficient (Wildman–Crippen LogP) is 2.27. The number of carbonyl (C=O) groups excluding carboxylic acids is 1. The van der Waals surface area contributed by atoms with Gasteiger partial charge in [0.05, 0.1) is 0 Å². The highest BCUT2D eigenvalue weighted by molar-refractivity contribution is 5.85. The number of halogens is 1. The van der Waals surface area contributed by atoms with Gasteiger partial charge in [0.1, 0.15) is 0 Å². The second kappa shape index (κ2) is 9.09. The molecule has 1 N–H and O–H groups in total. The van der Waals surface area contributed by atoms with Gasteiger partial charge in [0, 0.05) is 51.2 Å². The SMILES string of the molecule is Cl.O=C(C1CCCCCCC1)N1CCC(N2CCNCC2)C1. The average Bonchev–Trinajstić information content (AvgIpc) is 2.97. The molecule has 0 aromatic carbocycles. The van der Waals surface area contributed by atoms with Crippen molar-refractivity contribution in [3.8, 4) is 0 Å². The number of piperazine rings is 1. The van der Waals surface area contributed by atoms with E-state index >= 15 is 0 Å². The second-order valence-electron chi connectivity index (χ2n) is 7.05. The molecule has 0 aromatic heterocycles. The maximum Gasteiger partial charge on any atom is 0.225 e. The van der Waals surface area contributed by atoms with E-state index in [2.05, 4.69) is 15.1 Å². The Morgan fingerprint density at radius 3 is 2.18 bits per heavy atom. The molecule has 0 spiro atoms. The normalized spacial score (nSPS) is 28.7. The number of amides is 1. The van der Waals surface area contributed by atoms with Crippen LogP contribution in [0.4, 0.5) is 0 Å². The van der Waals surface area contributed by atoms with Gasteiger partial charge in [-0.25, -0.2) is 0 Å². The first-order valence-corrected chi connectivity index (χ1v) is 9.08. The molecule has 2 heterocycles. The van der Waals surface area contributed by atoms with Crippen molar-refractivity contribution in [3.05, 3.63) is 0 Å². The molecule has 0 radical (unpaired) electrons. The van der Waals surface area contributed by atoms with Gasteiger partial charge in [-0.15, -0.1) is 12.4 Å². The molecule has 4 nitrogen and oxygen atoms in total. The molecule has 128 valence electrons. The Hall–Kier alpha value is -0.320. The summed E-state index contributed by atoms with van der Waals surface area (Å²) in [4.78, 5) is 17.6. The van der Waals surface area contributed by atoms with E-state index in [0.717, 1.165) is 52.1 Å². The smallest absolute Gasteiger partial charge is 0.225 e. The summed E-state index contributed by atoms with van der Waals surface area (Å²) in [6.07, 6.45) is 9.98. The van der Waals surface area contributed by atoms with Crippen LogP contribution in [0.1, 0.15) is 51.4 Å². The van der Waals surface area contributed by atoms with Gasteiger partial charge in [-0.2, -0.15) is 0 Å². The van der Waals surface area contributed by atoms with Gasteiger partial charge in [-0.1, -0.05) is 32.1 Å². The molecule has 1 saturated carbocycles. The van der Waals surface area contributed by atoms with Gasteiger partial charge in [0.25, 0.3) is 0 Å². The van der Waals surface area contributed by atoms with Crippen LogP contribution in [0, 0.1) is 5.92 Å². The number of nitrogens with zero attached hydrogens (tertiary/aromatic N) is 2. The minimum atomic E-state index is 0. The summed E-state index contributed by atoms with van der Waals surface area (Å²) in [5, 5.41) is 3.41. The second-order valence-corrected chi connectivity index (χ2v) is 7.05. The third kappa shape index (κ3) is 4.59. The van der Waals surface area contributed by atoms with E-state index < -0.39 is 0 Å². The molecule has 1 atom stereocenters. The first-order valence-electron chi connectivity index (χ1n) is 9.08. The van der Waals surface area contributed by atoms with E-state index in [1.165, 1.54) is 38.5 Å². The van der Waals surface area contributed by atoms with Crippen LogP contribution in [-0.4, -0.2) is 61.0 Å². The van der Waals surface area contributed by atoms with Crippen LogP contribution in [0.15, 0.2) is 0 Å². The molecule has 0 aromatic rings. The molecular weight excluding hydrogens is 298 g/mol. The van der Waals surface area contributed by atoms with Crippen molar-refractivity contribution in [1.29, 1.82) is 0 Å². The van der Waals surface area contributed by atoms with Crippen LogP contribution in [-0.2, 0) is 4.79 Å². The molecule has 22 heavy (non-hydrogen) atoms. The minimum Gasteiger partial charge on any atom is -0.341 e. The number of nitrogens with one attached hydrogen (secondary N) is 1. The van der Waals surface area contributed by atoms with Gasteiger partial charge in [0.15, 0.2) is 0 Å². The van der Waals surface area contributed by atoms with Crippen molar-refractivity contribution in [2.45, 2.75) is 57.4 Å². The first kappa shape index (κ1) is 18.0. The van der Waals surface area contributed by atoms with Crippen molar-refractivity contribution in [1.82, 2.24) is 15.1 Å². The van der Waals surface area contributed by atoms with Crippen molar-refractivity contribution < 1.29 is 4.79 Å². The third-order valence-electron chi connectivity index (χ3n) is 5.60. The van der Waals surface area contributed by atoms with E-state index in [0.29, 0.717) is 17.9 Å². The molecule has 1 aliphatic carbocycles. The van der Waals surface area contributed by atoms with E-state index in [1.54, 1.807) is 0 Å². The summed E-state index contributed by atoms with van der Waals surface area (Å²) in [6, 6.07) is 0.615. The number of rotatable bonds is 2. The van der Waals surface area contributed by atoms with Gasteiger partial charge in [-0.05, 0) is 19.3 Å². The summed E-state index contributed by atoms with van der Waals surface area (Å²) in [5.74, 6) is 0.793. The third-order valence-corrected chi connectivity index (χ3v) is 5.60. The first-order chi connectivity index (χ1) is 10.3. The largest absolute Gasteiger partial charge is 0.341 e. The maximum absolute atomic E-state index is 12.8. The zero-order valence-corrected chi connectivity index (χ0v) is 14.6. The number of hydrogen-bond donors (Lipinski definition) is 1. The summed E-state index contributed by atoms with van der Waals surface area (Å²) < 4.78 is 0. The highest BCUT2D eigenvalue weighted by atomic mass is 35.5. The summed E-state index contributed by atoms with van der Waals surface area (Å²) in [5.41, 5.74) is 0. The van der Waals surface area contributed by atoms with Crippen LogP contribution in [0.3, 0.4) is 0 Å². The Morgan fingerprint density at radius 2 is 1.50 bits per heavy atom. The zero-order chi connectivity index (χ0) is 14.5. The molecule has 2 aliphatic heterocycles. The average molecular weight is 330 g/mol. The van der Waals surface area contributed by atoms with Gasteiger partial charge < -0.3 is 10.2 Å². The molecule has 5 heteroatoms. The van der Waals surface area contributed by atoms with Gasteiger partial charge in [-0.3, -0.25) is 9.69 Å². The molecule has 1 unspecified atom stereocenters. The molecule has 1 amide bonds. The monoisotopic (exact) mass is 329 g/mol. The maximum atomic E-state index is 12.8. The summed E-state index contributed by atoms with van der Waals surface area (Å²) in [7, 11) is 0. The van der Waals surface area contributed by atoms with Crippen LogP contribution in [0.5, 0.6) is 0 Å². The fraction of sp³-hybridized carbons (Fsp3) is 0.941. The van der Waals surface area contributed by atoms with Crippen LogP contribution in [0.2, 0.25) is 0 Å². The molecular formula is C17H32ClN3O. The molecule has 2 saturated heterocycles.